The highest BCUT2D eigenvalue weighted by Gasteiger charge is 2.09. The maximum Gasteiger partial charge on any atom is 0.335 e. The van der Waals surface area contributed by atoms with Gasteiger partial charge >= 0.3 is 5.97 Å². The van der Waals surface area contributed by atoms with Crippen LogP contribution in [0, 0.1) is 6.92 Å². The Morgan fingerprint density at radius 1 is 1.50 bits per heavy atom. The van der Waals surface area contributed by atoms with Gasteiger partial charge in [0.25, 0.3) is 0 Å². The summed E-state index contributed by atoms with van der Waals surface area (Å²) in [5, 5.41) is 13.2. The van der Waals surface area contributed by atoms with Gasteiger partial charge in [-0.15, -0.1) is 0 Å². The first-order valence-corrected chi connectivity index (χ1v) is 5.49. The van der Waals surface area contributed by atoms with E-state index < -0.39 is 5.97 Å². The van der Waals surface area contributed by atoms with Crippen molar-refractivity contribution in [2.45, 2.75) is 13.5 Å². The number of aromatic carboxylic acids is 1. The summed E-state index contributed by atoms with van der Waals surface area (Å²) in [5.74, 6) is -0.288. The van der Waals surface area contributed by atoms with Crippen molar-refractivity contribution in [3.05, 3.63) is 47.3 Å². The zero-order chi connectivity index (χ0) is 13.1. The number of nitrogens with zero attached hydrogens (tertiary/aromatic N) is 2. The largest absolute Gasteiger partial charge is 0.496 e. The average molecular weight is 246 g/mol. The van der Waals surface area contributed by atoms with Crippen LogP contribution in [0.1, 0.15) is 21.5 Å². The molecule has 0 aliphatic carbocycles. The molecule has 0 aliphatic rings. The number of aryl methyl sites for hydroxylation is 1. The Morgan fingerprint density at radius 2 is 2.28 bits per heavy atom. The third-order valence-corrected chi connectivity index (χ3v) is 2.62. The summed E-state index contributed by atoms with van der Waals surface area (Å²) in [7, 11) is 1.56. The number of carbonyl (C=O) groups is 1. The van der Waals surface area contributed by atoms with Crippen molar-refractivity contribution in [3.63, 3.8) is 0 Å². The van der Waals surface area contributed by atoms with Crippen LogP contribution in [0.5, 0.6) is 5.75 Å². The van der Waals surface area contributed by atoms with E-state index in [1.165, 1.54) is 6.07 Å². The van der Waals surface area contributed by atoms with E-state index in [0.717, 1.165) is 11.1 Å². The number of hydrogen-bond donors (Lipinski definition) is 1. The molecule has 0 atom stereocenters. The minimum Gasteiger partial charge on any atom is -0.496 e. The standard InChI is InChI=1S/C13H14N2O3/c1-9-6-14-15(7-9)8-11-5-10(13(16)17)3-4-12(11)18-2/h3-7H,8H2,1-2H3,(H,16,17). The molecule has 0 radical (unpaired) electrons. The predicted molar refractivity (Wildman–Crippen MR) is 66.0 cm³/mol. The van der Waals surface area contributed by atoms with E-state index in [9.17, 15) is 4.79 Å². The van der Waals surface area contributed by atoms with Crippen LogP contribution in [-0.2, 0) is 6.54 Å². The van der Waals surface area contributed by atoms with Crippen molar-refractivity contribution in [1.82, 2.24) is 9.78 Å². The van der Waals surface area contributed by atoms with Crippen LogP contribution in [0.15, 0.2) is 30.6 Å². The summed E-state index contributed by atoms with van der Waals surface area (Å²) in [6.45, 7) is 2.44. The third kappa shape index (κ3) is 2.51. The van der Waals surface area contributed by atoms with Crippen LogP contribution < -0.4 is 4.74 Å². The average Bonchev–Trinajstić information content (AvgIpc) is 2.74. The van der Waals surface area contributed by atoms with E-state index in [2.05, 4.69) is 5.10 Å². The molecule has 1 aromatic carbocycles. The molecule has 1 aromatic heterocycles. The lowest BCUT2D eigenvalue weighted by molar-refractivity contribution is 0.0696. The second-order valence-corrected chi connectivity index (χ2v) is 4.05. The van der Waals surface area contributed by atoms with E-state index in [1.807, 2.05) is 13.1 Å². The lowest BCUT2D eigenvalue weighted by atomic mass is 10.1. The molecule has 0 amide bonds. The normalized spacial score (nSPS) is 10.3. The minimum atomic E-state index is -0.949. The monoisotopic (exact) mass is 246 g/mol. The Bertz CT molecular complexity index is 575. The van der Waals surface area contributed by atoms with Gasteiger partial charge in [-0.1, -0.05) is 0 Å². The molecule has 0 fully saturated rings. The number of methoxy groups -OCH3 is 1. The molecule has 2 aromatic rings. The molecule has 94 valence electrons. The fourth-order valence-corrected chi connectivity index (χ4v) is 1.76. The number of carboxylic acid groups (broad SMARTS) is 1. The fourth-order valence-electron chi connectivity index (χ4n) is 1.76. The first kappa shape index (κ1) is 12.2. The molecule has 18 heavy (non-hydrogen) atoms. The topological polar surface area (TPSA) is 64.3 Å². The zero-order valence-corrected chi connectivity index (χ0v) is 10.3. The number of carboxylic acids is 1. The molecule has 1 N–H and O–H groups in total. The number of rotatable bonds is 4. The molecule has 0 saturated heterocycles. The first-order valence-electron chi connectivity index (χ1n) is 5.49. The quantitative estimate of drug-likeness (QED) is 0.895. The summed E-state index contributed by atoms with van der Waals surface area (Å²) in [4.78, 5) is 10.9. The lowest BCUT2D eigenvalue weighted by Crippen LogP contribution is -2.05. The van der Waals surface area contributed by atoms with Crippen molar-refractivity contribution in [3.8, 4) is 5.75 Å². The van der Waals surface area contributed by atoms with Crippen LogP contribution in [0.25, 0.3) is 0 Å². The maximum atomic E-state index is 10.9. The molecule has 1 heterocycles. The molecule has 5 nitrogen and oxygen atoms in total. The molecule has 5 heteroatoms. The van der Waals surface area contributed by atoms with Gasteiger partial charge in [0.1, 0.15) is 5.75 Å². The van der Waals surface area contributed by atoms with Crippen LogP contribution in [0.2, 0.25) is 0 Å². The Hall–Kier alpha value is -2.30. The second-order valence-electron chi connectivity index (χ2n) is 4.05. The Kier molecular flexibility index (Phi) is 3.32. The first-order chi connectivity index (χ1) is 8.60. The molecule has 2 rings (SSSR count). The smallest absolute Gasteiger partial charge is 0.335 e. The zero-order valence-electron chi connectivity index (χ0n) is 10.3. The van der Waals surface area contributed by atoms with Crippen molar-refractivity contribution in [2.24, 2.45) is 0 Å². The van der Waals surface area contributed by atoms with Gasteiger partial charge in [-0.05, 0) is 30.7 Å². The summed E-state index contributed by atoms with van der Waals surface area (Å²) in [5.41, 5.74) is 2.10. The van der Waals surface area contributed by atoms with Crippen LogP contribution in [0.3, 0.4) is 0 Å². The second kappa shape index (κ2) is 4.91. The van der Waals surface area contributed by atoms with Gasteiger partial charge in [0, 0.05) is 11.8 Å². The van der Waals surface area contributed by atoms with E-state index in [1.54, 1.807) is 30.1 Å². The van der Waals surface area contributed by atoms with E-state index in [0.29, 0.717) is 12.3 Å². The highest BCUT2D eigenvalue weighted by atomic mass is 16.5. The van der Waals surface area contributed by atoms with Gasteiger partial charge in [0.05, 0.1) is 25.4 Å². The van der Waals surface area contributed by atoms with Crippen molar-refractivity contribution >= 4 is 5.97 Å². The van der Waals surface area contributed by atoms with Crippen LogP contribution in [-0.4, -0.2) is 28.0 Å². The maximum absolute atomic E-state index is 10.9. The molecule has 0 unspecified atom stereocenters. The van der Waals surface area contributed by atoms with E-state index in [4.69, 9.17) is 9.84 Å². The molecular formula is C13H14N2O3. The molecule has 0 spiro atoms. The van der Waals surface area contributed by atoms with Crippen molar-refractivity contribution in [2.75, 3.05) is 7.11 Å². The number of hydrogen-bond acceptors (Lipinski definition) is 3. The number of ether oxygens (including phenoxy) is 1. The summed E-state index contributed by atoms with van der Waals surface area (Å²) >= 11 is 0. The van der Waals surface area contributed by atoms with Crippen molar-refractivity contribution in [1.29, 1.82) is 0 Å². The Morgan fingerprint density at radius 3 is 2.83 bits per heavy atom. The number of aromatic nitrogens is 2. The summed E-state index contributed by atoms with van der Waals surface area (Å²) < 4.78 is 6.97. The van der Waals surface area contributed by atoms with Crippen molar-refractivity contribution < 1.29 is 14.6 Å². The summed E-state index contributed by atoms with van der Waals surface area (Å²) in [6.07, 6.45) is 3.65. The summed E-state index contributed by atoms with van der Waals surface area (Å²) in [6, 6.07) is 4.80. The lowest BCUT2D eigenvalue weighted by Gasteiger charge is -2.09. The SMILES string of the molecule is COc1ccc(C(=O)O)cc1Cn1cc(C)cn1. The molecule has 0 aliphatic heterocycles. The molecule has 0 saturated carbocycles. The highest BCUT2D eigenvalue weighted by molar-refractivity contribution is 5.88. The predicted octanol–water partition coefficient (Wildman–Crippen LogP) is 1.95. The van der Waals surface area contributed by atoms with Gasteiger partial charge < -0.3 is 9.84 Å². The van der Waals surface area contributed by atoms with Crippen LogP contribution >= 0.6 is 0 Å². The van der Waals surface area contributed by atoms with Gasteiger partial charge in [0.15, 0.2) is 0 Å². The van der Waals surface area contributed by atoms with Crippen LogP contribution in [0.4, 0.5) is 0 Å². The van der Waals surface area contributed by atoms with Gasteiger partial charge in [-0.2, -0.15) is 5.10 Å². The molecular weight excluding hydrogens is 232 g/mol. The van der Waals surface area contributed by atoms with Gasteiger partial charge in [-0.25, -0.2) is 4.79 Å². The number of benzene rings is 1. The van der Waals surface area contributed by atoms with Gasteiger partial charge in [-0.3, -0.25) is 4.68 Å². The fraction of sp³-hybridized carbons (Fsp3) is 0.231. The Labute approximate surface area is 105 Å². The third-order valence-electron chi connectivity index (χ3n) is 2.62. The van der Waals surface area contributed by atoms with E-state index in [-0.39, 0.29) is 5.56 Å². The molecule has 0 bridgehead atoms. The highest BCUT2D eigenvalue weighted by Crippen LogP contribution is 2.21. The van der Waals surface area contributed by atoms with Gasteiger partial charge in [0.2, 0.25) is 0 Å². The van der Waals surface area contributed by atoms with E-state index >= 15 is 0 Å². The Balaban J connectivity index is 2.35. The minimum absolute atomic E-state index is 0.245.